The highest BCUT2D eigenvalue weighted by atomic mass is 16.5. The van der Waals surface area contributed by atoms with E-state index < -0.39 is 6.04 Å². The Kier molecular flexibility index (Phi) is 7.35. The van der Waals surface area contributed by atoms with Crippen LogP contribution in [-0.2, 0) is 4.79 Å². The molecule has 0 aliphatic rings. The fourth-order valence-electron chi connectivity index (χ4n) is 3.22. The van der Waals surface area contributed by atoms with Gasteiger partial charge in [-0.25, -0.2) is 0 Å². The molecule has 160 valence electrons. The molecule has 0 saturated carbocycles. The van der Waals surface area contributed by atoms with Gasteiger partial charge >= 0.3 is 0 Å². The summed E-state index contributed by atoms with van der Waals surface area (Å²) in [7, 11) is 1.59. The molecule has 3 N–H and O–H groups in total. The molecule has 0 radical (unpaired) electrons. The van der Waals surface area contributed by atoms with Crippen molar-refractivity contribution < 1.29 is 14.3 Å². The van der Waals surface area contributed by atoms with Crippen LogP contribution in [-0.4, -0.2) is 30.5 Å². The van der Waals surface area contributed by atoms with Crippen molar-refractivity contribution in [1.29, 1.82) is 0 Å². The molecule has 2 aromatic carbocycles. The topological polar surface area (TPSA) is 97.5 Å². The smallest absolute Gasteiger partial charge is 0.255 e. The lowest BCUT2D eigenvalue weighted by Crippen LogP contribution is -2.33. The predicted octanol–water partition coefficient (Wildman–Crippen LogP) is 3.79. The number of amides is 2. The fourth-order valence-corrected chi connectivity index (χ4v) is 3.22. The molecule has 7 heteroatoms. The summed E-state index contributed by atoms with van der Waals surface area (Å²) >= 11 is 0. The van der Waals surface area contributed by atoms with E-state index in [9.17, 15) is 9.59 Å². The van der Waals surface area contributed by atoms with Crippen LogP contribution in [0.2, 0.25) is 0 Å². The zero-order valence-corrected chi connectivity index (χ0v) is 17.6. The second-order valence-corrected chi connectivity index (χ2v) is 6.96. The monoisotopic (exact) mass is 418 g/mol. The fraction of sp³-hybridized carbons (Fsp3) is 0.208. The van der Waals surface area contributed by atoms with E-state index in [-0.39, 0.29) is 18.2 Å². The first-order valence-corrected chi connectivity index (χ1v) is 10.0. The van der Waals surface area contributed by atoms with Gasteiger partial charge in [0.15, 0.2) is 0 Å². The Morgan fingerprint density at radius 3 is 2.45 bits per heavy atom. The van der Waals surface area contributed by atoms with Gasteiger partial charge in [0.1, 0.15) is 5.75 Å². The first-order chi connectivity index (χ1) is 15.0. The van der Waals surface area contributed by atoms with Gasteiger partial charge in [0.25, 0.3) is 5.91 Å². The Balaban J connectivity index is 1.64. The van der Waals surface area contributed by atoms with Crippen LogP contribution in [0.5, 0.6) is 5.75 Å². The molecule has 7 nitrogen and oxygen atoms in total. The lowest BCUT2D eigenvalue weighted by Gasteiger charge is -2.23. The number of methoxy groups -OCH3 is 1. The highest BCUT2D eigenvalue weighted by molar-refractivity contribution is 6.04. The van der Waals surface area contributed by atoms with E-state index in [0.717, 1.165) is 11.3 Å². The van der Waals surface area contributed by atoms with E-state index in [4.69, 9.17) is 10.5 Å². The molecule has 3 aromatic rings. The van der Waals surface area contributed by atoms with Crippen molar-refractivity contribution in [3.8, 4) is 5.75 Å². The number of pyridine rings is 1. The summed E-state index contributed by atoms with van der Waals surface area (Å²) in [5, 5.41) is 2.81. The molecule has 0 aliphatic heterocycles. The van der Waals surface area contributed by atoms with Crippen molar-refractivity contribution in [2.45, 2.75) is 19.4 Å². The second kappa shape index (κ2) is 10.4. The third-order valence-electron chi connectivity index (χ3n) is 4.92. The van der Waals surface area contributed by atoms with Crippen molar-refractivity contribution in [3.63, 3.8) is 0 Å². The number of ether oxygens (including phenoxy) is 1. The normalized spacial score (nSPS) is 11.5. The minimum absolute atomic E-state index is 0.0808. The predicted molar refractivity (Wildman–Crippen MR) is 121 cm³/mol. The molecule has 1 atom stereocenters. The molecule has 0 saturated heterocycles. The van der Waals surface area contributed by atoms with Crippen LogP contribution in [0.3, 0.4) is 0 Å². The van der Waals surface area contributed by atoms with Crippen molar-refractivity contribution in [1.82, 2.24) is 4.98 Å². The standard InChI is InChI=1S/C24H26N4O3/c1-3-28(20-5-4-6-21(15-20)31-2)23(29)16-22(25)17-7-9-18(10-8-17)24(30)27-19-11-13-26-14-12-19/h4-15,22H,3,16,25H2,1-2H3,(H,26,27,30). The molecule has 0 spiro atoms. The van der Waals surface area contributed by atoms with Gasteiger partial charge in [-0.3, -0.25) is 14.6 Å². The van der Waals surface area contributed by atoms with Gasteiger partial charge in [0.05, 0.1) is 7.11 Å². The zero-order valence-electron chi connectivity index (χ0n) is 17.6. The van der Waals surface area contributed by atoms with Gasteiger partial charge in [0.2, 0.25) is 5.91 Å². The lowest BCUT2D eigenvalue weighted by molar-refractivity contribution is -0.118. The van der Waals surface area contributed by atoms with Crippen molar-refractivity contribution in [2.75, 3.05) is 23.9 Å². The Morgan fingerprint density at radius 2 is 1.81 bits per heavy atom. The molecule has 3 rings (SSSR count). The molecule has 0 bridgehead atoms. The first kappa shape index (κ1) is 22.0. The van der Waals surface area contributed by atoms with Gasteiger partial charge in [-0.05, 0) is 48.9 Å². The van der Waals surface area contributed by atoms with Crippen LogP contribution < -0.4 is 20.7 Å². The Bertz CT molecular complexity index is 1020. The van der Waals surface area contributed by atoms with E-state index in [0.29, 0.717) is 23.5 Å². The van der Waals surface area contributed by atoms with Gasteiger partial charge < -0.3 is 20.7 Å². The third-order valence-corrected chi connectivity index (χ3v) is 4.92. The van der Waals surface area contributed by atoms with Crippen LogP contribution in [0.15, 0.2) is 73.1 Å². The molecule has 31 heavy (non-hydrogen) atoms. The summed E-state index contributed by atoms with van der Waals surface area (Å²) in [6.45, 7) is 2.44. The Morgan fingerprint density at radius 1 is 1.10 bits per heavy atom. The number of nitrogens with zero attached hydrogens (tertiary/aromatic N) is 2. The minimum Gasteiger partial charge on any atom is -0.497 e. The number of nitrogens with one attached hydrogen (secondary N) is 1. The van der Waals surface area contributed by atoms with Gasteiger partial charge in [-0.1, -0.05) is 18.2 Å². The molecule has 0 aliphatic carbocycles. The number of rotatable bonds is 8. The summed E-state index contributed by atoms with van der Waals surface area (Å²) in [6.07, 6.45) is 3.37. The van der Waals surface area contributed by atoms with Crippen LogP contribution in [0.4, 0.5) is 11.4 Å². The maximum atomic E-state index is 12.9. The maximum Gasteiger partial charge on any atom is 0.255 e. The van der Waals surface area contributed by atoms with E-state index in [1.807, 2.05) is 31.2 Å². The van der Waals surface area contributed by atoms with E-state index >= 15 is 0 Å². The van der Waals surface area contributed by atoms with Crippen LogP contribution in [0.25, 0.3) is 0 Å². The summed E-state index contributed by atoms with van der Waals surface area (Å²) < 4.78 is 5.25. The second-order valence-electron chi connectivity index (χ2n) is 6.96. The average molecular weight is 418 g/mol. The largest absolute Gasteiger partial charge is 0.497 e. The molecule has 2 amide bonds. The lowest BCUT2D eigenvalue weighted by atomic mass is 10.0. The number of aromatic nitrogens is 1. The summed E-state index contributed by atoms with van der Waals surface area (Å²) in [4.78, 5) is 30.9. The molecule has 1 heterocycles. The highest BCUT2D eigenvalue weighted by Gasteiger charge is 2.19. The first-order valence-electron chi connectivity index (χ1n) is 10.0. The number of hydrogen-bond acceptors (Lipinski definition) is 5. The van der Waals surface area contributed by atoms with E-state index in [1.165, 1.54) is 0 Å². The van der Waals surface area contributed by atoms with E-state index in [2.05, 4.69) is 10.3 Å². The van der Waals surface area contributed by atoms with Crippen LogP contribution in [0.1, 0.15) is 35.3 Å². The molecule has 0 fully saturated rings. The van der Waals surface area contributed by atoms with Crippen LogP contribution >= 0.6 is 0 Å². The van der Waals surface area contributed by atoms with Gasteiger partial charge in [-0.15, -0.1) is 0 Å². The van der Waals surface area contributed by atoms with Crippen molar-refractivity contribution in [3.05, 3.63) is 84.2 Å². The van der Waals surface area contributed by atoms with E-state index in [1.54, 1.807) is 60.8 Å². The number of nitrogens with two attached hydrogens (primary N) is 1. The maximum absolute atomic E-state index is 12.9. The minimum atomic E-state index is -0.482. The third kappa shape index (κ3) is 5.67. The zero-order chi connectivity index (χ0) is 22.2. The summed E-state index contributed by atoms with van der Waals surface area (Å²) in [5.41, 5.74) is 9.02. The van der Waals surface area contributed by atoms with Gasteiger partial charge in [0, 0.05) is 54.4 Å². The highest BCUT2D eigenvalue weighted by Crippen LogP contribution is 2.24. The van der Waals surface area contributed by atoms with Crippen molar-refractivity contribution >= 4 is 23.2 Å². The average Bonchev–Trinajstić information content (AvgIpc) is 2.80. The summed E-state index contributed by atoms with van der Waals surface area (Å²) in [6, 6.07) is 17.3. The Hall–Kier alpha value is -3.71. The van der Waals surface area contributed by atoms with Gasteiger partial charge in [-0.2, -0.15) is 0 Å². The quantitative estimate of drug-likeness (QED) is 0.580. The molecular weight excluding hydrogens is 392 g/mol. The summed E-state index contributed by atoms with van der Waals surface area (Å²) in [5.74, 6) is 0.383. The SMILES string of the molecule is CCN(C(=O)CC(N)c1ccc(C(=O)Nc2ccncc2)cc1)c1cccc(OC)c1. The number of anilines is 2. The molecular formula is C24H26N4O3. The Labute approximate surface area is 181 Å². The molecule has 1 unspecified atom stereocenters. The number of carbonyl (C=O) groups excluding carboxylic acids is 2. The number of benzene rings is 2. The van der Waals surface area contributed by atoms with Crippen LogP contribution in [0, 0.1) is 0 Å². The van der Waals surface area contributed by atoms with Crippen molar-refractivity contribution in [2.24, 2.45) is 5.73 Å². The number of hydrogen-bond donors (Lipinski definition) is 2. The number of carbonyl (C=O) groups is 2. The molecule has 1 aromatic heterocycles.